The van der Waals surface area contributed by atoms with Crippen molar-refractivity contribution in [2.45, 2.75) is 60.2 Å². The normalized spacial score (nSPS) is 15.1. The molecule has 1 N–H and O–H groups in total. The molecule has 0 aliphatic carbocycles. The third kappa shape index (κ3) is 8.45. The molecule has 0 rings (SSSR count). The van der Waals surface area contributed by atoms with Crippen LogP contribution in [-0.2, 0) is 0 Å². The highest BCUT2D eigenvalue weighted by atomic mass is 28.3. The zero-order chi connectivity index (χ0) is 11.6. The van der Waals surface area contributed by atoms with E-state index in [2.05, 4.69) is 65.8 Å². The monoisotopic (exact) mass is 214 g/mol. The molecule has 3 heteroatoms. The fourth-order valence-corrected chi connectivity index (χ4v) is 3.92. The van der Waals surface area contributed by atoms with Crippen molar-refractivity contribution in [3.05, 3.63) is 0 Å². The molecule has 0 unspecified atom stereocenters. The second-order valence-corrected chi connectivity index (χ2v) is 10.2. The first-order chi connectivity index (χ1) is 5.91. The van der Waals surface area contributed by atoms with E-state index in [1.165, 1.54) is 0 Å². The topological polar surface area (TPSA) is 24.4 Å². The fraction of sp³-hybridized carbons (Fsp3) is 0.909. The largest absolute Gasteiger partial charge is 0.315 e. The molecule has 0 heterocycles. The van der Waals surface area contributed by atoms with Crippen LogP contribution in [0.15, 0.2) is 4.66 Å². The number of rotatable bonds is 2. The maximum atomic E-state index is 4.72. The van der Waals surface area contributed by atoms with Crippen LogP contribution < -0.4 is 4.98 Å². The van der Waals surface area contributed by atoms with E-state index in [9.17, 15) is 0 Å². The molecular weight excluding hydrogens is 188 g/mol. The van der Waals surface area contributed by atoms with Crippen molar-refractivity contribution >= 4 is 14.6 Å². The number of nitrogens with one attached hydrogen (secondary N) is 1. The standard InChI is InChI=1S/C11H26N2Si/c1-10(2,3)9-12-14(7,8)13-11(4,5)6/h9,13H,1-8H3/b12-9+. The molecule has 0 bridgehead atoms. The van der Waals surface area contributed by atoms with Gasteiger partial charge >= 0.3 is 0 Å². The highest BCUT2D eigenvalue weighted by molar-refractivity contribution is 6.74. The van der Waals surface area contributed by atoms with Crippen molar-refractivity contribution in [2.75, 3.05) is 0 Å². The van der Waals surface area contributed by atoms with Gasteiger partial charge in [0, 0.05) is 5.54 Å². The minimum atomic E-state index is -1.63. The van der Waals surface area contributed by atoms with Crippen LogP contribution in [-0.4, -0.2) is 20.2 Å². The summed E-state index contributed by atoms with van der Waals surface area (Å²) in [5.41, 5.74) is 0.342. The molecule has 0 spiro atoms. The van der Waals surface area contributed by atoms with Crippen LogP contribution in [0.25, 0.3) is 0 Å². The van der Waals surface area contributed by atoms with E-state index in [4.69, 9.17) is 4.66 Å². The maximum absolute atomic E-state index is 4.72. The third-order valence-corrected chi connectivity index (χ3v) is 3.59. The van der Waals surface area contributed by atoms with Gasteiger partial charge in [0.2, 0.25) is 8.40 Å². The van der Waals surface area contributed by atoms with E-state index in [0.29, 0.717) is 0 Å². The van der Waals surface area contributed by atoms with Gasteiger partial charge in [0.05, 0.1) is 0 Å². The number of hydrogen-bond donors (Lipinski definition) is 1. The van der Waals surface area contributed by atoms with Gasteiger partial charge in [0.15, 0.2) is 0 Å². The molecule has 0 fully saturated rings. The minimum Gasteiger partial charge on any atom is -0.315 e. The van der Waals surface area contributed by atoms with E-state index in [1.807, 2.05) is 0 Å². The molecule has 0 aromatic carbocycles. The van der Waals surface area contributed by atoms with E-state index >= 15 is 0 Å². The molecule has 0 saturated carbocycles. The molecule has 0 aromatic rings. The summed E-state index contributed by atoms with van der Waals surface area (Å²) in [4.78, 5) is 3.61. The lowest BCUT2D eigenvalue weighted by Gasteiger charge is -2.30. The van der Waals surface area contributed by atoms with Crippen molar-refractivity contribution in [1.29, 1.82) is 0 Å². The van der Waals surface area contributed by atoms with E-state index < -0.39 is 8.40 Å². The molecule has 84 valence electrons. The Morgan fingerprint density at radius 2 is 1.43 bits per heavy atom. The number of nitrogens with zero attached hydrogens (tertiary/aromatic N) is 1. The van der Waals surface area contributed by atoms with Crippen LogP contribution in [0.5, 0.6) is 0 Å². The van der Waals surface area contributed by atoms with Crippen LogP contribution in [0.2, 0.25) is 13.1 Å². The molecular formula is C11H26N2Si. The van der Waals surface area contributed by atoms with Gasteiger partial charge in [-0.2, -0.15) is 0 Å². The molecule has 0 aromatic heterocycles. The van der Waals surface area contributed by atoms with Gasteiger partial charge in [-0.15, -0.1) is 0 Å². The Bertz CT molecular complexity index is 206. The first-order valence-electron chi connectivity index (χ1n) is 5.27. The van der Waals surface area contributed by atoms with Gasteiger partial charge in [0.1, 0.15) is 0 Å². The summed E-state index contributed by atoms with van der Waals surface area (Å²) in [5, 5.41) is 0. The Morgan fingerprint density at radius 3 is 1.71 bits per heavy atom. The van der Waals surface area contributed by atoms with E-state index in [-0.39, 0.29) is 11.0 Å². The Balaban J connectivity index is 4.43. The van der Waals surface area contributed by atoms with Gasteiger partial charge in [-0.25, -0.2) is 0 Å². The van der Waals surface area contributed by atoms with Crippen LogP contribution >= 0.6 is 0 Å². The lowest BCUT2D eigenvalue weighted by atomic mass is 10.00. The van der Waals surface area contributed by atoms with Gasteiger partial charge in [-0.05, 0) is 45.5 Å². The molecule has 0 atom stereocenters. The summed E-state index contributed by atoms with van der Waals surface area (Å²) in [6.07, 6.45) is 2.08. The summed E-state index contributed by atoms with van der Waals surface area (Å²) in [6.45, 7) is 17.6. The zero-order valence-corrected chi connectivity index (χ0v) is 12.0. The molecule has 2 nitrogen and oxygen atoms in total. The first-order valence-corrected chi connectivity index (χ1v) is 8.22. The van der Waals surface area contributed by atoms with E-state index in [1.54, 1.807) is 0 Å². The predicted molar refractivity (Wildman–Crippen MR) is 68.3 cm³/mol. The van der Waals surface area contributed by atoms with Crippen LogP contribution in [0.3, 0.4) is 0 Å². The second-order valence-electron chi connectivity index (χ2n) is 6.56. The minimum absolute atomic E-state index is 0.158. The zero-order valence-electron chi connectivity index (χ0n) is 11.0. The number of hydrogen-bond acceptors (Lipinski definition) is 2. The Hall–Kier alpha value is -0.153. The Kier molecular flexibility index (Phi) is 4.10. The SMILES string of the molecule is CC(C)(C)/C=N/[Si](C)(C)NC(C)(C)C. The molecule has 0 aliphatic heterocycles. The Morgan fingerprint density at radius 1 is 1.00 bits per heavy atom. The van der Waals surface area contributed by atoms with Gasteiger partial charge in [-0.1, -0.05) is 20.8 Å². The molecule has 0 aliphatic rings. The Labute approximate surface area is 90.4 Å². The summed E-state index contributed by atoms with van der Waals surface area (Å²) in [5.74, 6) is 0. The highest BCUT2D eigenvalue weighted by Crippen LogP contribution is 2.13. The van der Waals surface area contributed by atoms with Crippen molar-refractivity contribution in [2.24, 2.45) is 10.1 Å². The van der Waals surface area contributed by atoms with Crippen LogP contribution in [0, 0.1) is 5.41 Å². The van der Waals surface area contributed by atoms with Gasteiger partial charge < -0.3 is 9.64 Å². The smallest absolute Gasteiger partial charge is 0.247 e. The molecule has 0 amide bonds. The van der Waals surface area contributed by atoms with Crippen molar-refractivity contribution in [3.63, 3.8) is 0 Å². The third-order valence-electron chi connectivity index (χ3n) is 1.46. The van der Waals surface area contributed by atoms with Crippen molar-refractivity contribution < 1.29 is 0 Å². The predicted octanol–water partition coefficient (Wildman–Crippen LogP) is 3.19. The first kappa shape index (κ1) is 13.8. The lowest BCUT2D eigenvalue weighted by molar-refractivity contribution is 0.511. The second kappa shape index (κ2) is 4.15. The van der Waals surface area contributed by atoms with E-state index in [0.717, 1.165) is 0 Å². The summed E-state index contributed by atoms with van der Waals surface area (Å²) >= 11 is 0. The average molecular weight is 214 g/mol. The molecule has 0 saturated heterocycles. The summed E-state index contributed by atoms with van der Waals surface area (Å²) in [7, 11) is -1.63. The fourth-order valence-electron chi connectivity index (χ4n) is 1.31. The highest BCUT2D eigenvalue weighted by Gasteiger charge is 2.26. The van der Waals surface area contributed by atoms with Crippen molar-refractivity contribution in [1.82, 2.24) is 4.98 Å². The van der Waals surface area contributed by atoms with Gasteiger partial charge in [0.25, 0.3) is 0 Å². The maximum Gasteiger partial charge on any atom is 0.247 e. The molecule has 14 heavy (non-hydrogen) atoms. The van der Waals surface area contributed by atoms with Crippen LogP contribution in [0.4, 0.5) is 0 Å². The summed E-state index contributed by atoms with van der Waals surface area (Å²) in [6, 6.07) is 0. The lowest BCUT2D eigenvalue weighted by Crippen LogP contribution is -2.53. The van der Waals surface area contributed by atoms with Gasteiger partial charge in [-0.3, -0.25) is 0 Å². The quantitative estimate of drug-likeness (QED) is 0.554. The molecule has 0 radical (unpaired) electrons. The summed E-state index contributed by atoms with van der Waals surface area (Å²) < 4.78 is 4.72. The van der Waals surface area contributed by atoms with Crippen molar-refractivity contribution in [3.8, 4) is 0 Å². The van der Waals surface area contributed by atoms with Crippen LogP contribution in [0.1, 0.15) is 41.5 Å². The average Bonchev–Trinajstić information content (AvgIpc) is 1.76.